The molecule has 110 valence electrons. The number of amides is 2. The average Bonchev–Trinajstić information content (AvgIpc) is 2.46. The summed E-state index contributed by atoms with van der Waals surface area (Å²) >= 11 is 3.45. The second kappa shape index (κ2) is 7.22. The predicted octanol–water partition coefficient (Wildman–Crippen LogP) is 4.15. The number of halogens is 2. The fourth-order valence-electron chi connectivity index (χ4n) is 1.97. The lowest BCUT2D eigenvalue weighted by molar-refractivity contribution is 0.237. The molecule has 0 saturated heterocycles. The molecule has 0 spiro atoms. The normalized spacial score (nSPS) is 11.8. The molecule has 2 aromatic rings. The van der Waals surface area contributed by atoms with Crippen LogP contribution in [0.5, 0.6) is 0 Å². The number of hydrogen-bond acceptors (Lipinski definition) is 1. The monoisotopic (exact) mass is 350 g/mol. The molecule has 5 heteroatoms. The van der Waals surface area contributed by atoms with Gasteiger partial charge >= 0.3 is 6.03 Å². The second-order valence-electron chi connectivity index (χ2n) is 4.66. The van der Waals surface area contributed by atoms with Crippen LogP contribution in [0.3, 0.4) is 0 Å². The van der Waals surface area contributed by atoms with Crippen molar-refractivity contribution >= 4 is 22.0 Å². The van der Waals surface area contributed by atoms with E-state index in [4.69, 9.17) is 0 Å². The van der Waals surface area contributed by atoms with Crippen molar-refractivity contribution in [1.82, 2.24) is 10.6 Å². The highest BCUT2D eigenvalue weighted by molar-refractivity contribution is 9.10. The van der Waals surface area contributed by atoms with Crippen LogP contribution in [0, 0.1) is 5.82 Å². The molecule has 0 aromatic heterocycles. The van der Waals surface area contributed by atoms with Gasteiger partial charge < -0.3 is 10.6 Å². The van der Waals surface area contributed by atoms with Crippen molar-refractivity contribution in [2.75, 3.05) is 0 Å². The Labute approximate surface area is 131 Å². The topological polar surface area (TPSA) is 41.1 Å². The Balaban J connectivity index is 1.90. The van der Waals surface area contributed by atoms with Gasteiger partial charge in [-0.2, -0.15) is 0 Å². The van der Waals surface area contributed by atoms with E-state index < -0.39 is 0 Å². The van der Waals surface area contributed by atoms with Crippen LogP contribution in [-0.4, -0.2) is 6.03 Å². The van der Waals surface area contributed by atoms with Crippen molar-refractivity contribution in [2.45, 2.75) is 19.5 Å². The minimum Gasteiger partial charge on any atom is -0.334 e. The minimum atomic E-state index is -0.332. The first-order valence-electron chi connectivity index (χ1n) is 6.60. The number of carbonyl (C=O) groups is 1. The zero-order valence-electron chi connectivity index (χ0n) is 11.6. The molecule has 3 nitrogen and oxygen atoms in total. The Kier molecular flexibility index (Phi) is 5.33. The van der Waals surface area contributed by atoms with E-state index in [1.54, 1.807) is 18.2 Å². The maximum Gasteiger partial charge on any atom is 0.315 e. The summed E-state index contributed by atoms with van der Waals surface area (Å²) in [6.07, 6.45) is 0. The molecule has 1 atom stereocenters. The molecule has 0 heterocycles. The van der Waals surface area contributed by atoms with E-state index >= 15 is 0 Å². The number of urea groups is 1. The Bertz CT molecular complexity index is 633. The molecule has 0 saturated carbocycles. The summed E-state index contributed by atoms with van der Waals surface area (Å²) in [6, 6.07) is 13.6. The highest BCUT2D eigenvalue weighted by Gasteiger charge is 2.12. The summed E-state index contributed by atoms with van der Waals surface area (Å²) in [5.41, 5.74) is 1.44. The second-order valence-corrected chi connectivity index (χ2v) is 5.52. The smallest absolute Gasteiger partial charge is 0.315 e. The van der Waals surface area contributed by atoms with E-state index in [-0.39, 0.29) is 24.4 Å². The van der Waals surface area contributed by atoms with Crippen LogP contribution in [0.4, 0.5) is 9.18 Å². The van der Waals surface area contributed by atoms with Crippen molar-refractivity contribution in [1.29, 1.82) is 0 Å². The van der Waals surface area contributed by atoms with Gasteiger partial charge in [0.2, 0.25) is 0 Å². The third-order valence-electron chi connectivity index (χ3n) is 3.12. The largest absolute Gasteiger partial charge is 0.334 e. The van der Waals surface area contributed by atoms with Crippen molar-refractivity contribution in [2.24, 2.45) is 0 Å². The van der Waals surface area contributed by atoms with Crippen LogP contribution in [0.25, 0.3) is 0 Å². The van der Waals surface area contributed by atoms with Crippen LogP contribution in [0.2, 0.25) is 0 Å². The standard InChI is InChI=1S/C16H16BrFN2O/c1-11(13-7-3-4-8-14(13)17)20-16(21)19-10-12-6-2-5-9-15(12)18/h2-9,11H,10H2,1H3,(H2,19,20,21). The summed E-state index contributed by atoms with van der Waals surface area (Å²) < 4.78 is 14.4. The zero-order chi connectivity index (χ0) is 15.2. The van der Waals surface area contributed by atoms with E-state index in [0.717, 1.165) is 10.0 Å². The number of benzene rings is 2. The zero-order valence-corrected chi connectivity index (χ0v) is 13.2. The summed E-state index contributed by atoms with van der Waals surface area (Å²) in [7, 11) is 0. The van der Waals surface area contributed by atoms with Crippen molar-refractivity contribution in [3.8, 4) is 0 Å². The van der Waals surface area contributed by atoms with Crippen LogP contribution >= 0.6 is 15.9 Å². The molecule has 0 bridgehead atoms. The number of carbonyl (C=O) groups excluding carboxylic acids is 1. The van der Waals surface area contributed by atoms with Gasteiger partial charge in [-0.15, -0.1) is 0 Å². The minimum absolute atomic E-state index is 0.152. The quantitative estimate of drug-likeness (QED) is 0.854. The molecule has 0 fully saturated rings. The van der Waals surface area contributed by atoms with Crippen molar-refractivity contribution < 1.29 is 9.18 Å². The summed E-state index contributed by atoms with van der Waals surface area (Å²) in [5, 5.41) is 5.48. The first-order valence-corrected chi connectivity index (χ1v) is 7.39. The van der Waals surface area contributed by atoms with E-state index in [0.29, 0.717) is 5.56 Å². The van der Waals surface area contributed by atoms with Crippen LogP contribution in [0.15, 0.2) is 53.0 Å². The molecule has 2 N–H and O–H groups in total. The van der Waals surface area contributed by atoms with E-state index in [9.17, 15) is 9.18 Å². The highest BCUT2D eigenvalue weighted by Crippen LogP contribution is 2.22. The van der Waals surface area contributed by atoms with Gasteiger partial charge in [-0.3, -0.25) is 0 Å². The Morgan fingerprint density at radius 3 is 2.57 bits per heavy atom. The van der Waals surface area contributed by atoms with Gasteiger partial charge in [-0.1, -0.05) is 52.3 Å². The van der Waals surface area contributed by atoms with Gasteiger partial charge in [0.15, 0.2) is 0 Å². The van der Waals surface area contributed by atoms with E-state index in [1.165, 1.54) is 6.07 Å². The van der Waals surface area contributed by atoms with Crippen molar-refractivity contribution in [3.63, 3.8) is 0 Å². The Hall–Kier alpha value is -1.88. The molecule has 0 aliphatic rings. The first-order chi connectivity index (χ1) is 10.1. The molecule has 1 unspecified atom stereocenters. The van der Waals surface area contributed by atoms with Crippen LogP contribution < -0.4 is 10.6 Å². The number of rotatable bonds is 4. The van der Waals surface area contributed by atoms with Gasteiger partial charge in [0, 0.05) is 16.6 Å². The number of hydrogen-bond donors (Lipinski definition) is 2. The molecule has 2 aromatic carbocycles. The molecule has 0 radical (unpaired) electrons. The van der Waals surface area contributed by atoms with Gasteiger partial charge in [0.05, 0.1) is 6.04 Å². The van der Waals surface area contributed by atoms with Gasteiger partial charge in [-0.05, 0) is 24.6 Å². The molecule has 2 amide bonds. The maximum absolute atomic E-state index is 13.4. The fourth-order valence-corrected chi connectivity index (χ4v) is 2.60. The van der Waals surface area contributed by atoms with Crippen LogP contribution in [-0.2, 0) is 6.54 Å². The molecule has 2 rings (SSSR count). The number of nitrogens with one attached hydrogen (secondary N) is 2. The third-order valence-corrected chi connectivity index (χ3v) is 3.84. The highest BCUT2D eigenvalue weighted by atomic mass is 79.9. The molecular weight excluding hydrogens is 335 g/mol. The Morgan fingerprint density at radius 2 is 1.86 bits per heavy atom. The van der Waals surface area contributed by atoms with Gasteiger partial charge in [0.25, 0.3) is 0 Å². The van der Waals surface area contributed by atoms with E-state index in [2.05, 4.69) is 26.6 Å². The van der Waals surface area contributed by atoms with E-state index in [1.807, 2.05) is 31.2 Å². The molecular formula is C16H16BrFN2O. The summed E-state index contributed by atoms with van der Waals surface area (Å²) in [4.78, 5) is 11.9. The lowest BCUT2D eigenvalue weighted by Crippen LogP contribution is -2.36. The molecule has 0 aliphatic carbocycles. The van der Waals surface area contributed by atoms with Crippen molar-refractivity contribution in [3.05, 3.63) is 69.9 Å². The third kappa shape index (κ3) is 4.29. The maximum atomic E-state index is 13.4. The summed E-state index contributed by atoms with van der Waals surface area (Å²) in [6.45, 7) is 2.05. The molecule has 21 heavy (non-hydrogen) atoms. The molecule has 0 aliphatic heterocycles. The average molecular weight is 351 g/mol. The SMILES string of the molecule is CC(NC(=O)NCc1ccccc1F)c1ccccc1Br. The lowest BCUT2D eigenvalue weighted by atomic mass is 10.1. The van der Waals surface area contributed by atoms with Crippen LogP contribution in [0.1, 0.15) is 24.1 Å². The summed E-state index contributed by atoms with van der Waals surface area (Å²) in [5.74, 6) is -0.323. The van der Waals surface area contributed by atoms with Gasteiger partial charge in [0.1, 0.15) is 5.82 Å². The Morgan fingerprint density at radius 1 is 1.19 bits per heavy atom. The lowest BCUT2D eigenvalue weighted by Gasteiger charge is -2.16. The fraction of sp³-hybridized carbons (Fsp3) is 0.188. The predicted molar refractivity (Wildman–Crippen MR) is 84.3 cm³/mol. The van der Waals surface area contributed by atoms with Gasteiger partial charge in [-0.25, -0.2) is 9.18 Å². The first kappa shape index (κ1) is 15.5.